The van der Waals surface area contributed by atoms with Crippen LogP contribution in [0, 0.1) is 22.7 Å². The Labute approximate surface area is 207 Å². The van der Waals surface area contributed by atoms with E-state index in [-0.39, 0.29) is 46.2 Å². The highest BCUT2D eigenvalue weighted by atomic mass is 16.3. The predicted octanol–water partition coefficient (Wildman–Crippen LogP) is 2.57. The summed E-state index contributed by atoms with van der Waals surface area (Å²) >= 11 is 0. The molecule has 10 nitrogen and oxygen atoms in total. The molecule has 2 aromatic rings. The van der Waals surface area contributed by atoms with Crippen molar-refractivity contribution < 1.29 is 30.0 Å². The van der Waals surface area contributed by atoms with Gasteiger partial charge in [0.1, 0.15) is 23.3 Å². The number of carbonyl (C=O) groups is 2. The molecule has 1 fully saturated rings. The minimum absolute atomic E-state index is 0.182. The number of nitrogens with zero attached hydrogens (tertiary/aromatic N) is 2. The molecule has 0 spiro atoms. The van der Waals surface area contributed by atoms with E-state index in [9.17, 15) is 40.5 Å². The minimum atomic E-state index is -0.605. The maximum Gasteiger partial charge on any atom is 0.262 e. The number of hydrogen-bond acceptors (Lipinski definition) is 8. The van der Waals surface area contributed by atoms with Gasteiger partial charge in [-0.05, 0) is 73.2 Å². The average molecular weight is 489 g/mol. The molecule has 36 heavy (non-hydrogen) atoms. The van der Waals surface area contributed by atoms with Crippen LogP contribution in [0.25, 0.3) is 12.2 Å². The maximum absolute atomic E-state index is 12.6. The maximum atomic E-state index is 12.6. The van der Waals surface area contributed by atoms with Crippen molar-refractivity contribution in [2.45, 2.75) is 37.8 Å². The van der Waals surface area contributed by atoms with Crippen LogP contribution in [0.2, 0.25) is 0 Å². The number of rotatable bonds is 6. The lowest BCUT2D eigenvalue weighted by molar-refractivity contribution is -0.118. The molecule has 0 bridgehead atoms. The van der Waals surface area contributed by atoms with Crippen molar-refractivity contribution in [1.29, 1.82) is 10.5 Å². The molecule has 2 amide bonds. The van der Waals surface area contributed by atoms with Crippen LogP contribution in [0.15, 0.2) is 47.5 Å². The van der Waals surface area contributed by atoms with Gasteiger partial charge in [-0.1, -0.05) is 12.1 Å². The summed E-state index contributed by atoms with van der Waals surface area (Å²) in [5, 5.41) is 62.4. The Bertz CT molecular complexity index is 1220. The molecule has 6 N–H and O–H groups in total. The highest BCUT2D eigenvalue weighted by Gasteiger charge is 2.26. The number of benzene rings is 2. The molecule has 0 radical (unpaired) electrons. The van der Waals surface area contributed by atoms with Crippen LogP contribution in [0.5, 0.6) is 23.0 Å². The van der Waals surface area contributed by atoms with E-state index < -0.39 is 11.8 Å². The molecule has 184 valence electrons. The molecule has 0 saturated heterocycles. The molecule has 0 aliphatic heterocycles. The minimum Gasteiger partial charge on any atom is -0.504 e. The fourth-order valence-electron chi connectivity index (χ4n) is 3.87. The third-order valence-electron chi connectivity index (χ3n) is 5.70. The van der Waals surface area contributed by atoms with Crippen molar-refractivity contribution in [2.24, 2.45) is 0 Å². The zero-order valence-electron chi connectivity index (χ0n) is 19.1. The second-order valence-electron chi connectivity index (χ2n) is 8.34. The molecule has 2 unspecified atom stereocenters. The number of phenols is 4. The zero-order valence-corrected chi connectivity index (χ0v) is 19.1. The Kier molecular flexibility index (Phi) is 8.16. The summed E-state index contributed by atoms with van der Waals surface area (Å²) < 4.78 is 0. The molecular weight excluding hydrogens is 464 g/mol. The van der Waals surface area contributed by atoms with Crippen molar-refractivity contribution in [3.8, 4) is 35.1 Å². The van der Waals surface area contributed by atoms with Gasteiger partial charge in [0.15, 0.2) is 23.0 Å². The number of carbonyl (C=O) groups excluding carboxylic acids is 2. The molecule has 1 aliphatic rings. The van der Waals surface area contributed by atoms with Gasteiger partial charge < -0.3 is 31.1 Å². The summed E-state index contributed by atoms with van der Waals surface area (Å²) in [6.07, 6.45) is 4.97. The van der Waals surface area contributed by atoms with E-state index in [1.807, 2.05) is 12.1 Å². The van der Waals surface area contributed by atoms with Crippen molar-refractivity contribution in [1.82, 2.24) is 10.6 Å². The average Bonchev–Trinajstić information content (AvgIpc) is 2.85. The Hall–Kier alpha value is -4.96. The van der Waals surface area contributed by atoms with Gasteiger partial charge >= 0.3 is 0 Å². The SMILES string of the molecule is N#C/C(=C/c1ccc(O)c(O)c1)C(=O)NC1CCCC(NC(=O)/C(C#N)=C/c2ccc(O)c(O)c2)C1. The van der Waals surface area contributed by atoms with Gasteiger partial charge in [-0.15, -0.1) is 0 Å². The van der Waals surface area contributed by atoms with Gasteiger partial charge in [0.2, 0.25) is 0 Å². The largest absolute Gasteiger partial charge is 0.504 e. The second-order valence-corrected chi connectivity index (χ2v) is 8.34. The Morgan fingerprint density at radius 1 is 0.750 bits per heavy atom. The van der Waals surface area contributed by atoms with Gasteiger partial charge in [-0.25, -0.2) is 0 Å². The zero-order chi connectivity index (χ0) is 26.2. The van der Waals surface area contributed by atoms with E-state index in [0.29, 0.717) is 36.8 Å². The van der Waals surface area contributed by atoms with Gasteiger partial charge in [-0.3, -0.25) is 9.59 Å². The van der Waals surface area contributed by atoms with Crippen molar-refractivity contribution in [2.75, 3.05) is 0 Å². The summed E-state index contributed by atoms with van der Waals surface area (Å²) in [5.41, 5.74) is 0.364. The molecule has 2 atom stereocenters. The fraction of sp³-hybridized carbons (Fsp3) is 0.231. The summed E-state index contributed by atoms with van der Waals surface area (Å²) in [7, 11) is 0. The molecule has 10 heteroatoms. The number of nitrogens with one attached hydrogen (secondary N) is 2. The lowest BCUT2D eigenvalue weighted by Gasteiger charge is -2.30. The number of nitriles is 2. The second kappa shape index (κ2) is 11.4. The lowest BCUT2D eigenvalue weighted by atomic mass is 9.90. The van der Waals surface area contributed by atoms with Crippen LogP contribution in [0.4, 0.5) is 0 Å². The first-order chi connectivity index (χ1) is 17.2. The van der Waals surface area contributed by atoms with E-state index in [2.05, 4.69) is 10.6 Å². The molecular formula is C26H24N4O6. The van der Waals surface area contributed by atoms with E-state index >= 15 is 0 Å². The Balaban J connectivity index is 1.63. The summed E-state index contributed by atoms with van der Waals surface area (Å²) in [4.78, 5) is 25.3. The van der Waals surface area contributed by atoms with Gasteiger partial charge in [0.05, 0.1) is 0 Å². The Morgan fingerprint density at radius 3 is 1.53 bits per heavy atom. The quantitative estimate of drug-likeness (QED) is 0.203. The molecule has 0 aromatic heterocycles. The first-order valence-corrected chi connectivity index (χ1v) is 11.1. The van der Waals surface area contributed by atoms with Crippen LogP contribution in [-0.2, 0) is 9.59 Å². The first kappa shape index (κ1) is 25.7. The third kappa shape index (κ3) is 6.55. The van der Waals surface area contributed by atoms with E-state index in [4.69, 9.17) is 0 Å². The number of hydrogen-bond donors (Lipinski definition) is 6. The predicted molar refractivity (Wildman–Crippen MR) is 129 cm³/mol. The standard InChI is InChI=1S/C26H24N4O6/c27-13-17(8-15-4-6-21(31)23(33)10-15)25(35)29-19-2-1-3-20(12-19)30-26(36)18(14-28)9-16-5-7-22(32)24(34)11-16/h4-11,19-20,31-34H,1-3,12H2,(H,29,35)(H,30,36)/b17-8-,18-9+. The van der Waals surface area contributed by atoms with Crippen molar-refractivity contribution in [3.63, 3.8) is 0 Å². The number of amides is 2. The summed E-state index contributed by atoms with van der Waals surface area (Å²) in [6.45, 7) is 0. The number of aromatic hydroxyl groups is 4. The van der Waals surface area contributed by atoms with Crippen LogP contribution in [0.3, 0.4) is 0 Å². The molecule has 1 aliphatic carbocycles. The first-order valence-electron chi connectivity index (χ1n) is 11.1. The van der Waals surface area contributed by atoms with Crippen molar-refractivity contribution in [3.05, 3.63) is 58.7 Å². The molecule has 2 aromatic carbocycles. The topological polar surface area (TPSA) is 187 Å². The van der Waals surface area contributed by atoms with Crippen LogP contribution < -0.4 is 10.6 Å². The van der Waals surface area contributed by atoms with Crippen LogP contribution in [0.1, 0.15) is 36.8 Å². The molecule has 0 heterocycles. The van der Waals surface area contributed by atoms with E-state index in [1.54, 1.807) is 0 Å². The van der Waals surface area contributed by atoms with Gasteiger partial charge in [0.25, 0.3) is 11.8 Å². The highest BCUT2D eigenvalue weighted by molar-refractivity contribution is 6.02. The van der Waals surface area contributed by atoms with Gasteiger partial charge in [0, 0.05) is 12.1 Å². The van der Waals surface area contributed by atoms with Crippen LogP contribution >= 0.6 is 0 Å². The Morgan fingerprint density at radius 2 is 1.17 bits per heavy atom. The van der Waals surface area contributed by atoms with Gasteiger partial charge in [-0.2, -0.15) is 10.5 Å². The third-order valence-corrected chi connectivity index (χ3v) is 5.70. The lowest BCUT2D eigenvalue weighted by Crippen LogP contribution is -2.46. The summed E-state index contributed by atoms with van der Waals surface area (Å²) in [6, 6.07) is 10.9. The van der Waals surface area contributed by atoms with Crippen LogP contribution in [-0.4, -0.2) is 44.3 Å². The van der Waals surface area contributed by atoms with E-state index in [0.717, 1.165) is 0 Å². The smallest absolute Gasteiger partial charge is 0.262 e. The van der Waals surface area contributed by atoms with E-state index in [1.165, 1.54) is 48.6 Å². The normalized spacial score (nSPS) is 17.9. The fourth-order valence-corrected chi connectivity index (χ4v) is 3.87. The summed E-state index contributed by atoms with van der Waals surface area (Å²) in [5.74, 6) is -2.60. The molecule has 3 rings (SSSR count). The molecule has 1 saturated carbocycles. The van der Waals surface area contributed by atoms with Crippen molar-refractivity contribution >= 4 is 24.0 Å². The monoisotopic (exact) mass is 488 g/mol. The highest BCUT2D eigenvalue weighted by Crippen LogP contribution is 2.27. The number of phenolic OH excluding ortho intramolecular Hbond substituents is 4.